The Labute approximate surface area is 146 Å². The quantitative estimate of drug-likeness (QED) is 0.722. The SMILES string of the molecule is CC(C)NC(=O)NC(=O)C(C)OC(=O)c1ccc(CS(C)(=O)=O)cc1. The number of benzene rings is 1. The molecule has 138 valence electrons. The smallest absolute Gasteiger partial charge is 0.338 e. The molecule has 0 aliphatic heterocycles. The first kappa shape index (κ1) is 20.6. The van der Waals surface area contributed by atoms with E-state index < -0.39 is 33.8 Å². The second kappa shape index (κ2) is 8.61. The monoisotopic (exact) mass is 370 g/mol. The van der Waals surface area contributed by atoms with Crippen molar-refractivity contribution < 1.29 is 27.5 Å². The number of rotatable bonds is 6. The molecule has 25 heavy (non-hydrogen) atoms. The van der Waals surface area contributed by atoms with Gasteiger partial charge < -0.3 is 10.1 Å². The van der Waals surface area contributed by atoms with Gasteiger partial charge >= 0.3 is 12.0 Å². The summed E-state index contributed by atoms with van der Waals surface area (Å²) in [5.74, 6) is -1.63. The summed E-state index contributed by atoms with van der Waals surface area (Å²) in [6, 6.07) is 5.01. The van der Waals surface area contributed by atoms with Crippen molar-refractivity contribution in [1.82, 2.24) is 10.6 Å². The Balaban J connectivity index is 2.62. The van der Waals surface area contributed by atoms with Gasteiger partial charge in [-0.1, -0.05) is 12.1 Å². The molecule has 2 N–H and O–H groups in total. The second-order valence-corrected chi connectivity index (χ2v) is 8.07. The highest BCUT2D eigenvalue weighted by atomic mass is 32.2. The second-order valence-electron chi connectivity index (χ2n) is 5.93. The maximum atomic E-state index is 12.0. The van der Waals surface area contributed by atoms with Crippen LogP contribution in [0.25, 0.3) is 0 Å². The normalized spacial score (nSPS) is 12.4. The number of carbonyl (C=O) groups is 3. The van der Waals surface area contributed by atoms with E-state index >= 15 is 0 Å². The zero-order valence-corrected chi connectivity index (χ0v) is 15.3. The Morgan fingerprint density at radius 1 is 1.08 bits per heavy atom. The molecule has 1 atom stereocenters. The third-order valence-electron chi connectivity index (χ3n) is 2.93. The number of hydrogen-bond acceptors (Lipinski definition) is 6. The highest BCUT2D eigenvalue weighted by Gasteiger charge is 2.21. The summed E-state index contributed by atoms with van der Waals surface area (Å²) in [5, 5.41) is 4.55. The van der Waals surface area contributed by atoms with Gasteiger partial charge in [0.1, 0.15) is 0 Å². The van der Waals surface area contributed by atoms with Gasteiger partial charge in [0.15, 0.2) is 15.9 Å². The van der Waals surface area contributed by atoms with Crippen LogP contribution >= 0.6 is 0 Å². The summed E-state index contributed by atoms with van der Waals surface area (Å²) in [7, 11) is -3.17. The minimum Gasteiger partial charge on any atom is -0.449 e. The van der Waals surface area contributed by atoms with Crippen LogP contribution in [0.15, 0.2) is 24.3 Å². The molecule has 1 aromatic carbocycles. The van der Waals surface area contributed by atoms with E-state index in [0.29, 0.717) is 5.56 Å². The first-order valence-electron chi connectivity index (χ1n) is 7.57. The van der Waals surface area contributed by atoms with Gasteiger partial charge in [0.25, 0.3) is 5.91 Å². The van der Waals surface area contributed by atoms with Crippen LogP contribution in [0.3, 0.4) is 0 Å². The van der Waals surface area contributed by atoms with Crippen molar-refractivity contribution >= 4 is 27.7 Å². The van der Waals surface area contributed by atoms with E-state index in [0.717, 1.165) is 6.26 Å². The molecule has 1 unspecified atom stereocenters. The fraction of sp³-hybridized carbons (Fsp3) is 0.438. The van der Waals surface area contributed by atoms with Crippen molar-refractivity contribution in [3.05, 3.63) is 35.4 Å². The number of esters is 1. The number of imide groups is 1. The van der Waals surface area contributed by atoms with Gasteiger partial charge in [0.05, 0.1) is 11.3 Å². The van der Waals surface area contributed by atoms with Gasteiger partial charge in [-0.15, -0.1) is 0 Å². The largest absolute Gasteiger partial charge is 0.449 e. The van der Waals surface area contributed by atoms with E-state index in [9.17, 15) is 22.8 Å². The molecule has 0 fully saturated rings. The average molecular weight is 370 g/mol. The highest BCUT2D eigenvalue weighted by molar-refractivity contribution is 7.89. The lowest BCUT2D eigenvalue weighted by Crippen LogP contribution is -2.46. The molecule has 1 rings (SSSR count). The Hall–Kier alpha value is -2.42. The van der Waals surface area contributed by atoms with Crippen molar-refractivity contribution in [3.63, 3.8) is 0 Å². The van der Waals surface area contributed by atoms with Crippen molar-refractivity contribution in [2.24, 2.45) is 0 Å². The van der Waals surface area contributed by atoms with Gasteiger partial charge in [-0.2, -0.15) is 0 Å². The molecule has 0 saturated heterocycles. The topological polar surface area (TPSA) is 119 Å². The lowest BCUT2D eigenvalue weighted by atomic mass is 10.1. The predicted octanol–water partition coefficient (Wildman–Crippen LogP) is 1.01. The molecular weight excluding hydrogens is 348 g/mol. The average Bonchev–Trinajstić information content (AvgIpc) is 2.45. The van der Waals surface area contributed by atoms with Crippen LogP contribution < -0.4 is 10.6 Å². The van der Waals surface area contributed by atoms with E-state index in [2.05, 4.69) is 10.6 Å². The Morgan fingerprint density at radius 3 is 2.12 bits per heavy atom. The number of ether oxygens (including phenoxy) is 1. The standard InChI is InChI=1S/C16H22N2O6S/c1-10(2)17-16(21)18-14(19)11(3)24-15(20)13-7-5-12(6-8-13)9-25(4,22)23/h5-8,10-11H,9H2,1-4H3,(H2,17,18,19,21). The molecular formula is C16H22N2O6S. The van der Waals surface area contributed by atoms with Crippen LogP contribution in [-0.4, -0.2) is 44.7 Å². The van der Waals surface area contributed by atoms with Crippen molar-refractivity contribution in [2.75, 3.05) is 6.26 Å². The molecule has 3 amide bonds. The fourth-order valence-electron chi connectivity index (χ4n) is 1.83. The highest BCUT2D eigenvalue weighted by Crippen LogP contribution is 2.10. The fourth-order valence-corrected chi connectivity index (χ4v) is 2.63. The molecule has 0 aromatic heterocycles. The van der Waals surface area contributed by atoms with E-state index in [1.54, 1.807) is 13.8 Å². The Bertz CT molecular complexity index is 740. The number of carbonyl (C=O) groups excluding carboxylic acids is 3. The van der Waals surface area contributed by atoms with Crippen molar-refractivity contribution in [3.8, 4) is 0 Å². The zero-order valence-electron chi connectivity index (χ0n) is 14.5. The van der Waals surface area contributed by atoms with Crippen LogP contribution in [0.1, 0.15) is 36.7 Å². The Morgan fingerprint density at radius 2 is 1.64 bits per heavy atom. The Kier molecular flexibility index (Phi) is 7.10. The summed E-state index contributed by atoms with van der Waals surface area (Å²) in [4.78, 5) is 35.2. The lowest BCUT2D eigenvalue weighted by Gasteiger charge is -2.14. The van der Waals surface area contributed by atoms with Gasteiger partial charge in [-0.25, -0.2) is 18.0 Å². The first-order chi connectivity index (χ1) is 11.5. The van der Waals surface area contributed by atoms with Gasteiger partial charge in [0.2, 0.25) is 0 Å². The minimum atomic E-state index is -3.17. The van der Waals surface area contributed by atoms with Crippen LogP contribution in [0, 0.1) is 0 Å². The molecule has 0 heterocycles. The summed E-state index contributed by atoms with van der Waals surface area (Å²) in [6.45, 7) is 4.82. The predicted molar refractivity (Wildman–Crippen MR) is 91.7 cm³/mol. The third kappa shape index (κ3) is 7.79. The minimum absolute atomic E-state index is 0.133. The van der Waals surface area contributed by atoms with Crippen LogP contribution in [0.4, 0.5) is 4.79 Å². The summed E-state index contributed by atoms with van der Waals surface area (Å²) < 4.78 is 27.4. The first-order valence-corrected chi connectivity index (χ1v) is 9.63. The summed E-state index contributed by atoms with van der Waals surface area (Å²) in [6.07, 6.45) is -0.0497. The van der Waals surface area contributed by atoms with Crippen LogP contribution in [0.2, 0.25) is 0 Å². The number of nitrogens with one attached hydrogen (secondary N) is 2. The van der Waals surface area contributed by atoms with Crippen molar-refractivity contribution in [2.45, 2.75) is 38.7 Å². The van der Waals surface area contributed by atoms with Crippen molar-refractivity contribution in [1.29, 1.82) is 0 Å². The molecule has 8 nitrogen and oxygen atoms in total. The molecule has 0 spiro atoms. The van der Waals surface area contributed by atoms with Gasteiger partial charge in [-0.3, -0.25) is 10.1 Å². The molecule has 0 radical (unpaired) electrons. The summed E-state index contributed by atoms with van der Waals surface area (Å²) >= 11 is 0. The van der Waals surface area contributed by atoms with E-state index in [4.69, 9.17) is 4.74 Å². The van der Waals surface area contributed by atoms with Crippen LogP contribution in [0.5, 0.6) is 0 Å². The van der Waals surface area contributed by atoms with E-state index in [1.807, 2.05) is 0 Å². The summed E-state index contributed by atoms with van der Waals surface area (Å²) in [5.41, 5.74) is 0.707. The van der Waals surface area contributed by atoms with Gasteiger partial charge in [-0.05, 0) is 38.5 Å². The zero-order chi connectivity index (χ0) is 19.2. The number of sulfone groups is 1. The molecule has 0 saturated carbocycles. The number of urea groups is 1. The lowest BCUT2D eigenvalue weighted by molar-refractivity contribution is -0.127. The maximum absolute atomic E-state index is 12.0. The number of amides is 3. The molecule has 0 aliphatic rings. The van der Waals surface area contributed by atoms with E-state index in [1.165, 1.54) is 31.2 Å². The third-order valence-corrected chi connectivity index (χ3v) is 3.79. The molecule has 0 aliphatic carbocycles. The molecule has 1 aromatic rings. The number of hydrogen-bond donors (Lipinski definition) is 2. The maximum Gasteiger partial charge on any atom is 0.338 e. The van der Waals surface area contributed by atoms with E-state index in [-0.39, 0.29) is 17.4 Å². The van der Waals surface area contributed by atoms with Crippen LogP contribution in [-0.2, 0) is 25.1 Å². The molecule has 9 heteroatoms. The van der Waals surface area contributed by atoms with Gasteiger partial charge in [0, 0.05) is 12.3 Å². The molecule has 0 bridgehead atoms.